The van der Waals surface area contributed by atoms with Gasteiger partial charge in [-0.15, -0.1) is 0 Å². The molecule has 0 aliphatic rings. The van der Waals surface area contributed by atoms with E-state index in [0.29, 0.717) is 25.2 Å². The van der Waals surface area contributed by atoms with Gasteiger partial charge in [-0.2, -0.15) is 5.10 Å². The Bertz CT molecular complexity index is 1030. The van der Waals surface area contributed by atoms with Crippen LogP contribution in [0.15, 0.2) is 65.5 Å². The summed E-state index contributed by atoms with van der Waals surface area (Å²) < 4.78 is 19.6. The normalized spacial score (nSPS) is 10.6. The van der Waals surface area contributed by atoms with E-state index in [1.54, 1.807) is 25.3 Å². The molecule has 0 atom stereocenters. The number of nitrogens with zero attached hydrogens (tertiary/aromatic N) is 2. The molecule has 3 aromatic rings. The lowest BCUT2D eigenvalue weighted by Crippen LogP contribution is -2.25. The van der Waals surface area contributed by atoms with Crippen LogP contribution in [0, 0.1) is 5.82 Å². The Morgan fingerprint density at radius 1 is 1.14 bits per heavy atom. The van der Waals surface area contributed by atoms with Gasteiger partial charge in [-0.3, -0.25) is 9.59 Å². The van der Waals surface area contributed by atoms with Crippen molar-refractivity contribution in [3.8, 4) is 17.0 Å². The first-order valence-corrected chi connectivity index (χ1v) is 9.29. The molecule has 0 saturated heterocycles. The third-order valence-electron chi connectivity index (χ3n) is 4.40. The van der Waals surface area contributed by atoms with E-state index in [1.165, 1.54) is 22.9 Å². The molecular weight excluding hydrogens is 373 g/mol. The summed E-state index contributed by atoms with van der Waals surface area (Å²) in [6.45, 7) is 0.731. The van der Waals surface area contributed by atoms with E-state index in [4.69, 9.17) is 4.74 Å². The molecule has 0 aliphatic carbocycles. The van der Waals surface area contributed by atoms with Gasteiger partial charge in [0.1, 0.15) is 11.6 Å². The number of benzene rings is 2. The number of amides is 1. The largest absolute Gasteiger partial charge is 0.497 e. The molecular formula is C22H22FN3O3. The van der Waals surface area contributed by atoms with Crippen LogP contribution < -0.4 is 15.6 Å². The van der Waals surface area contributed by atoms with Crippen molar-refractivity contribution in [2.24, 2.45) is 0 Å². The molecule has 1 heterocycles. The number of aromatic nitrogens is 2. The lowest BCUT2D eigenvalue weighted by atomic mass is 10.1. The Morgan fingerprint density at radius 3 is 2.69 bits per heavy atom. The van der Waals surface area contributed by atoms with Crippen LogP contribution in [0.5, 0.6) is 5.75 Å². The van der Waals surface area contributed by atoms with Crippen molar-refractivity contribution in [1.29, 1.82) is 0 Å². The second-order valence-corrected chi connectivity index (χ2v) is 6.52. The summed E-state index contributed by atoms with van der Waals surface area (Å²) >= 11 is 0. The summed E-state index contributed by atoms with van der Waals surface area (Å²) in [6, 6.07) is 16.4. The third-order valence-corrected chi connectivity index (χ3v) is 4.40. The van der Waals surface area contributed by atoms with Gasteiger partial charge < -0.3 is 10.1 Å². The first-order chi connectivity index (χ1) is 14.0. The number of nitrogens with one attached hydrogen (secondary N) is 1. The molecule has 7 heteroatoms. The minimum Gasteiger partial charge on any atom is -0.497 e. The van der Waals surface area contributed by atoms with Crippen LogP contribution in [0.3, 0.4) is 0 Å². The standard InChI is InChI=1S/C22H22FN3O3/c1-29-19-5-2-4-16(14-19)15-24-21(27)6-3-13-26-22(28)12-11-20(25-26)17-7-9-18(23)10-8-17/h2,4-5,7-12,14H,3,6,13,15H2,1H3,(H,24,27). The van der Waals surface area contributed by atoms with Crippen LogP contribution in [-0.4, -0.2) is 22.8 Å². The first kappa shape index (κ1) is 20.3. The maximum atomic E-state index is 13.1. The van der Waals surface area contributed by atoms with Crippen molar-refractivity contribution in [1.82, 2.24) is 15.1 Å². The summed E-state index contributed by atoms with van der Waals surface area (Å²) in [5.41, 5.74) is 2.00. The van der Waals surface area contributed by atoms with Crippen LogP contribution in [-0.2, 0) is 17.9 Å². The summed E-state index contributed by atoms with van der Waals surface area (Å²) in [4.78, 5) is 24.1. The molecule has 1 amide bonds. The minimum atomic E-state index is -0.331. The van der Waals surface area contributed by atoms with E-state index >= 15 is 0 Å². The fourth-order valence-corrected chi connectivity index (χ4v) is 2.84. The molecule has 0 fully saturated rings. The number of carbonyl (C=O) groups is 1. The molecule has 3 rings (SSSR count). The van der Waals surface area contributed by atoms with Crippen molar-refractivity contribution < 1.29 is 13.9 Å². The van der Waals surface area contributed by atoms with Crippen molar-refractivity contribution in [2.75, 3.05) is 7.11 Å². The molecule has 0 bridgehead atoms. The average molecular weight is 395 g/mol. The lowest BCUT2D eigenvalue weighted by Gasteiger charge is -2.09. The smallest absolute Gasteiger partial charge is 0.266 e. The second-order valence-electron chi connectivity index (χ2n) is 6.52. The average Bonchev–Trinajstić information content (AvgIpc) is 2.74. The number of carbonyl (C=O) groups excluding carboxylic acids is 1. The predicted octanol–water partition coefficient (Wildman–Crippen LogP) is 3.15. The highest BCUT2D eigenvalue weighted by Gasteiger charge is 2.06. The molecule has 0 spiro atoms. The number of halogens is 1. The zero-order valence-electron chi connectivity index (χ0n) is 16.1. The van der Waals surface area contributed by atoms with Gasteiger partial charge in [0, 0.05) is 31.1 Å². The molecule has 29 heavy (non-hydrogen) atoms. The molecule has 2 aromatic carbocycles. The number of methoxy groups -OCH3 is 1. The van der Waals surface area contributed by atoms with Crippen molar-refractivity contribution in [2.45, 2.75) is 25.9 Å². The zero-order valence-corrected chi connectivity index (χ0v) is 16.1. The zero-order chi connectivity index (χ0) is 20.6. The fourth-order valence-electron chi connectivity index (χ4n) is 2.84. The van der Waals surface area contributed by atoms with Crippen molar-refractivity contribution >= 4 is 5.91 Å². The van der Waals surface area contributed by atoms with Gasteiger partial charge in [0.2, 0.25) is 5.91 Å². The van der Waals surface area contributed by atoms with Crippen LogP contribution >= 0.6 is 0 Å². The topological polar surface area (TPSA) is 73.2 Å². The Hall–Kier alpha value is -3.48. The maximum Gasteiger partial charge on any atom is 0.266 e. The Morgan fingerprint density at radius 2 is 1.93 bits per heavy atom. The Balaban J connectivity index is 1.53. The van der Waals surface area contributed by atoms with E-state index in [1.807, 2.05) is 24.3 Å². The van der Waals surface area contributed by atoms with Gasteiger partial charge in [0.05, 0.1) is 12.8 Å². The number of hydrogen-bond acceptors (Lipinski definition) is 4. The Kier molecular flexibility index (Phi) is 6.73. The van der Waals surface area contributed by atoms with Crippen LogP contribution in [0.1, 0.15) is 18.4 Å². The fraction of sp³-hybridized carbons (Fsp3) is 0.227. The van der Waals surface area contributed by atoms with E-state index in [-0.39, 0.29) is 23.7 Å². The number of aryl methyl sites for hydroxylation is 1. The van der Waals surface area contributed by atoms with Gasteiger partial charge in [-0.05, 0) is 54.4 Å². The van der Waals surface area contributed by atoms with Gasteiger partial charge >= 0.3 is 0 Å². The molecule has 1 aromatic heterocycles. The summed E-state index contributed by atoms with van der Waals surface area (Å²) in [5, 5.41) is 7.17. The predicted molar refractivity (Wildman–Crippen MR) is 108 cm³/mol. The van der Waals surface area contributed by atoms with Crippen LogP contribution in [0.25, 0.3) is 11.3 Å². The molecule has 0 unspecified atom stereocenters. The molecule has 1 N–H and O–H groups in total. The van der Waals surface area contributed by atoms with Gasteiger partial charge in [0.15, 0.2) is 0 Å². The minimum absolute atomic E-state index is 0.101. The summed E-state index contributed by atoms with van der Waals surface area (Å²) in [7, 11) is 1.60. The van der Waals surface area contributed by atoms with E-state index < -0.39 is 0 Å². The molecule has 150 valence electrons. The monoisotopic (exact) mass is 395 g/mol. The second kappa shape index (κ2) is 9.64. The molecule has 0 saturated carbocycles. The number of hydrogen-bond donors (Lipinski definition) is 1. The summed E-state index contributed by atoms with van der Waals surface area (Å²) in [6.07, 6.45) is 0.753. The van der Waals surface area contributed by atoms with Gasteiger partial charge in [-0.1, -0.05) is 12.1 Å². The van der Waals surface area contributed by atoms with Crippen molar-refractivity contribution in [3.05, 3.63) is 82.4 Å². The van der Waals surface area contributed by atoms with Gasteiger partial charge in [-0.25, -0.2) is 9.07 Å². The Labute approximate surface area is 168 Å². The van der Waals surface area contributed by atoms with E-state index in [0.717, 1.165) is 16.9 Å². The van der Waals surface area contributed by atoms with Gasteiger partial charge in [0.25, 0.3) is 5.56 Å². The van der Waals surface area contributed by atoms with Crippen LogP contribution in [0.2, 0.25) is 0 Å². The number of rotatable bonds is 8. The number of ether oxygens (including phenoxy) is 1. The molecule has 0 aliphatic heterocycles. The van der Waals surface area contributed by atoms with Crippen molar-refractivity contribution in [3.63, 3.8) is 0 Å². The SMILES string of the molecule is COc1cccc(CNC(=O)CCCn2nc(-c3ccc(F)cc3)ccc2=O)c1. The summed E-state index contributed by atoms with van der Waals surface area (Å²) in [5.74, 6) is 0.306. The van der Waals surface area contributed by atoms with E-state index in [9.17, 15) is 14.0 Å². The van der Waals surface area contributed by atoms with E-state index in [2.05, 4.69) is 10.4 Å². The molecule has 0 radical (unpaired) electrons. The maximum absolute atomic E-state index is 13.1. The lowest BCUT2D eigenvalue weighted by molar-refractivity contribution is -0.121. The highest BCUT2D eigenvalue weighted by atomic mass is 19.1. The highest BCUT2D eigenvalue weighted by molar-refractivity contribution is 5.75. The first-order valence-electron chi connectivity index (χ1n) is 9.29. The third kappa shape index (κ3) is 5.75. The molecule has 6 nitrogen and oxygen atoms in total. The van der Waals surface area contributed by atoms with Crippen LogP contribution in [0.4, 0.5) is 4.39 Å². The highest BCUT2D eigenvalue weighted by Crippen LogP contribution is 2.16. The quantitative estimate of drug-likeness (QED) is 0.636.